The van der Waals surface area contributed by atoms with Gasteiger partial charge in [0.25, 0.3) is 0 Å². The molecule has 0 saturated heterocycles. The van der Waals surface area contributed by atoms with E-state index in [0.29, 0.717) is 11.3 Å². The van der Waals surface area contributed by atoms with Gasteiger partial charge in [-0.05, 0) is 25.7 Å². The number of hydrogen-bond acceptors (Lipinski definition) is 1. The molecule has 0 N–H and O–H groups in total. The normalized spacial score (nSPS) is 26.6. The van der Waals surface area contributed by atoms with Crippen LogP contribution < -0.4 is 0 Å². The molecule has 1 aromatic rings. The van der Waals surface area contributed by atoms with Crippen LogP contribution in [0.2, 0.25) is 0 Å². The fourth-order valence-corrected chi connectivity index (χ4v) is 3.02. The van der Waals surface area contributed by atoms with Crippen LogP contribution in [-0.2, 0) is 6.54 Å². The standard InChI is InChI=1S/C13H21ClN2/c1-2-8-16-9-7-15-13(16)11-5-3-4-6-12(14)10-11/h7,9,11-12H,2-6,8,10H2,1H3. The molecule has 0 aromatic carbocycles. The fourth-order valence-electron chi connectivity index (χ4n) is 2.65. The van der Waals surface area contributed by atoms with Crippen LogP contribution >= 0.6 is 11.6 Å². The summed E-state index contributed by atoms with van der Waals surface area (Å²) >= 11 is 6.33. The van der Waals surface area contributed by atoms with Crippen molar-refractivity contribution in [1.29, 1.82) is 0 Å². The van der Waals surface area contributed by atoms with Crippen LogP contribution in [0.4, 0.5) is 0 Å². The maximum atomic E-state index is 6.33. The van der Waals surface area contributed by atoms with Gasteiger partial charge in [0.15, 0.2) is 0 Å². The summed E-state index contributed by atoms with van der Waals surface area (Å²) in [4.78, 5) is 4.54. The van der Waals surface area contributed by atoms with Crippen molar-refractivity contribution < 1.29 is 0 Å². The number of rotatable bonds is 3. The van der Waals surface area contributed by atoms with E-state index in [1.807, 2.05) is 6.20 Å². The van der Waals surface area contributed by atoms with E-state index < -0.39 is 0 Å². The summed E-state index contributed by atoms with van der Waals surface area (Å²) in [6, 6.07) is 0. The molecule has 1 heterocycles. The molecule has 0 bridgehead atoms. The van der Waals surface area contributed by atoms with Crippen molar-refractivity contribution in [2.75, 3.05) is 0 Å². The molecule has 2 unspecified atom stereocenters. The van der Waals surface area contributed by atoms with Crippen LogP contribution in [-0.4, -0.2) is 14.9 Å². The molecule has 90 valence electrons. The Hall–Kier alpha value is -0.500. The predicted molar refractivity (Wildman–Crippen MR) is 68.0 cm³/mol. The summed E-state index contributed by atoms with van der Waals surface area (Å²) in [7, 11) is 0. The number of aryl methyl sites for hydroxylation is 1. The molecular weight excluding hydrogens is 220 g/mol. The Bertz CT molecular complexity index is 321. The minimum atomic E-state index is 0.347. The molecule has 2 nitrogen and oxygen atoms in total. The van der Waals surface area contributed by atoms with E-state index in [-0.39, 0.29) is 0 Å². The molecule has 16 heavy (non-hydrogen) atoms. The van der Waals surface area contributed by atoms with Crippen molar-refractivity contribution in [2.24, 2.45) is 0 Å². The first-order valence-electron chi connectivity index (χ1n) is 6.46. The zero-order valence-corrected chi connectivity index (χ0v) is 10.8. The van der Waals surface area contributed by atoms with Crippen LogP contribution in [0.15, 0.2) is 12.4 Å². The van der Waals surface area contributed by atoms with Gasteiger partial charge in [0.1, 0.15) is 5.82 Å². The molecule has 0 amide bonds. The first kappa shape index (κ1) is 12.0. The number of aromatic nitrogens is 2. The fraction of sp³-hybridized carbons (Fsp3) is 0.769. The third-order valence-corrected chi connectivity index (χ3v) is 3.83. The van der Waals surface area contributed by atoms with Crippen molar-refractivity contribution in [1.82, 2.24) is 9.55 Å². The van der Waals surface area contributed by atoms with E-state index in [9.17, 15) is 0 Å². The minimum absolute atomic E-state index is 0.347. The Morgan fingerprint density at radius 3 is 3.06 bits per heavy atom. The Kier molecular flexibility index (Phi) is 4.28. The molecule has 1 aromatic heterocycles. The van der Waals surface area contributed by atoms with E-state index in [2.05, 4.69) is 22.7 Å². The van der Waals surface area contributed by atoms with E-state index in [4.69, 9.17) is 11.6 Å². The molecule has 3 heteroatoms. The second-order valence-electron chi connectivity index (χ2n) is 4.79. The molecule has 1 saturated carbocycles. The second kappa shape index (κ2) is 5.72. The molecule has 1 aliphatic rings. The van der Waals surface area contributed by atoms with Gasteiger partial charge in [0.05, 0.1) is 0 Å². The van der Waals surface area contributed by atoms with Gasteiger partial charge >= 0.3 is 0 Å². The lowest BCUT2D eigenvalue weighted by Crippen LogP contribution is -2.11. The van der Waals surface area contributed by atoms with Crippen LogP contribution in [0.1, 0.15) is 57.2 Å². The SMILES string of the molecule is CCCn1ccnc1C1CCCCC(Cl)C1. The number of alkyl halides is 1. The average Bonchev–Trinajstić information content (AvgIpc) is 2.61. The molecule has 2 rings (SSSR count). The number of imidazole rings is 1. The molecule has 0 aliphatic heterocycles. The number of halogens is 1. The Balaban J connectivity index is 2.11. The lowest BCUT2D eigenvalue weighted by molar-refractivity contribution is 0.519. The van der Waals surface area contributed by atoms with E-state index in [1.54, 1.807) is 0 Å². The third-order valence-electron chi connectivity index (χ3n) is 3.44. The smallest absolute Gasteiger partial charge is 0.111 e. The van der Waals surface area contributed by atoms with Gasteiger partial charge in [-0.15, -0.1) is 11.6 Å². The van der Waals surface area contributed by atoms with Crippen molar-refractivity contribution in [3.63, 3.8) is 0 Å². The highest BCUT2D eigenvalue weighted by Gasteiger charge is 2.23. The largest absolute Gasteiger partial charge is 0.335 e. The highest BCUT2D eigenvalue weighted by molar-refractivity contribution is 6.20. The Morgan fingerprint density at radius 1 is 1.44 bits per heavy atom. The van der Waals surface area contributed by atoms with Gasteiger partial charge < -0.3 is 4.57 Å². The Morgan fingerprint density at radius 2 is 2.25 bits per heavy atom. The predicted octanol–water partition coefficient (Wildman–Crippen LogP) is 3.95. The van der Waals surface area contributed by atoms with Crippen LogP contribution in [0.5, 0.6) is 0 Å². The average molecular weight is 241 g/mol. The van der Waals surface area contributed by atoms with Gasteiger partial charge in [-0.2, -0.15) is 0 Å². The summed E-state index contributed by atoms with van der Waals surface area (Å²) in [5, 5.41) is 0.347. The third kappa shape index (κ3) is 2.79. The molecule has 1 fully saturated rings. The zero-order valence-electron chi connectivity index (χ0n) is 10.0. The second-order valence-corrected chi connectivity index (χ2v) is 5.41. The topological polar surface area (TPSA) is 17.8 Å². The van der Waals surface area contributed by atoms with Gasteiger partial charge in [0.2, 0.25) is 0 Å². The molecule has 1 aliphatic carbocycles. The number of nitrogens with zero attached hydrogens (tertiary/aromatic N) is 2. The molecule has 0 spiro atoms. The summed E-state index contributed by atoms with van der Waals surface area (Å²) in [6.07, 6.45) is 11.3. The monoisotopic (exact) mass is 240 g/mol. The minimum Gasteiger partial charge on any atom is -0.335 e. The molecule has 2 atom stereocenters. The number of hydrogen-bond donors (Lipinski definition) is 0. The van der Waals surface area contributed by atoms with Gasteiger partial charge in [-0.1, -0.05) is 19.8 Å². The van der Waals surface area contributed by atoms with Crippen LogP contribution in [0.3, 0.4) is 0 Å². The maximum Gasteiger partial charge on any atom is 0.111 e. The molecule has 0 radical (unpaired) electrons. The first-order valence-corrected chi connectivity index (χ1v) is 6.90. The lowest BCUT2D eigenvalue weighted by Gasteiger charge is -2.17. The summed E-state index contributed by atoms with van der Waals surface area (Å²) in [6.45, 7) is 3.29. The van der Waals surface area contributed by atoms with Crippen molar-refractivity contribution in [3.05, 3.63) is 18.2 Å². The highest BCUT2D eigenvalue weighted by Crippen LogP contribution is 2.33. The quantitative estimate of drug-likeness (QED) is 0.578. The van der Waals surface area contributed by atoms with Crippen molar-refractivity contribution in [2.45, 2.75) is 63.3 Å². The van der Waals surface area contributed by atoms with E-state index in [1.165, 1.54) is 37.9 Å². The van der Waals surface area contributed by atoms with E-state index in [0.717, 1.165) is 13.0 Å². The highest BCUT2D eigenvalue weighted by atomic mass is 35.5. The van der Waals surface area contributed by atoms with E-state index >= 15 is 0 Å². The first-order chi connectivity index (χ1) is 7.81. The Labute approximate surface area is 103 Å². The van der Waals surface area contributed by atoms with Crippen molar-refractivity contribution >= 4 is 11.6 Å². The van der Waals surface area contributed by atoms with Crippen LogP contribution in [0, 0.1) is 0 Å². The summed E-state index contributed by atoms with van der Waals surface area (Å²) in [5.74, 6) is 1.83. The van der Waals surface area contributed by atoms with Gasteiger partial charge in [-0.3, -0.25) is 0 Å². The van der Waals surface area contributed by atoms with Crippen molar-refractivity contribution in [3.8, 4) is 0 Å². The van der Waals surface area contributed by atoms with Crippen LogP contribution in [0.25, 0.3) is 0 Å². The summed E-state index contributed by atoms with van der Waals surface area (Å²) < 4.78 is 2.31. The zero-order chi connectivity index (χ0) is 11.4. The maximum absolute atomic E-state index is 6.33. The molecular formula is C13H21ClN2. The lowest BCUT2D eigenvalue weighted by atomic mass is 9.99. The van der Waals surface area contributed by atoms with Gasteiger partial charge in [-0.25, -0.2) is 4.98 Å². The van der Waals surface area contributed by atoms with Gasteiger partial charge in [0, 0.05) is 30.2 Å². The summed E-state index contributed by atoms with van der Waals surface area (Å²) in [5.41, 5.74) is 0.